The Morgan fingerprint density at radius 1 is 1.11 bits per heavy atom. The van der Waals surface area contributed by atoms with Gasteiger partial charge in [0.25, 0.3) is 0 Å². The lowest BCUT2D eigenvalue weighted by Crippen LogP contribution is -2.04. The van der Waals surface area contributed by atoms with E-state index in [4.69, 9.17) is 5.11 Å². The summed E-state index contributed by atoms with van der Waals surface area (Å²) in [6.07, 6.45) is 1.29. The van der Waals surface area contributed by atoms with Crippen LogP contribution in [0.25, 0.3) is 0 Å². The standard InChI is InChI=1S/C13H9F2NO2/c14-11-4-2-8(5-12(11)15)13(18)9-1-3-10(7-17)16-6-9/h1-6,17H,7H2. The van der Waals surface area contributed by atoms with Gasteiger partial charge in [0.2, 0.25) is 0 Å². The first-order chi connectivity index (χ1) is 8.61. The minimum absolute atomic E-state index is 0.0486. The van der Waals surface area contributed by atoms with Crippen LogP contribution in [0.4, 0.5) is 8.78 Å². The molecule has 0 spiro atoms. The molecule has 0 radical (unpaired) electrons. The Balaban J connectivity index is 2.32. The Bertz CT molecular complexity index is 582. The number of benzene rings is 1. The molecule has 92 valence electrons. The minimum Gasteiger partial charge on any atom is -0.390 e. The molecule has 0 aliphatic carbocycles. The number of rotatable bonds is 3. The second kappa shape index (κ2) is 5.01. The summed E-state index contributed by atoms with van der Waals surface area (Å²) in [4.78, 5) is 15.8. The third-order valence-electron chi connectivity index (χ3n) is 2.43. The largest absolute Gasteiger partial charge is 0.390 e. The van der Waals surface area contributed by atoms with Crippen LogP contribution in [-0.2, 0) is 6.61 Å². The fourth-order valence-electron chi connectivity index (χ4n) is 1.46. The van der Waals surface area contributed by atoms with Crippen LogP contribution in [0.3, 0.4) is 0 Å². The number of hydrogen-bond acceptors (Lipinski definition) is 3. The zero-order valence-electron chi connectivity index (χ0n) is 9.23. The van der Waals surface area contributed by atoms with Crippen molar-refractivity contribution in [2.24, 2.45) is 0 Å². The molecule has 0 atom stereocenters. The summed E-state index contributed by atoms with van der Waals surface area (Å²) in [7, 11) is 0. The van der Waals surface area contributed by atoms with Gasteiger partial charge in [0.05, 0.1) is 12.3 Å². The highest BCUT2D eigenvalue weighted by Crippen LogP contribution is 2.13. The normalized spacial score (nSPS) is 10.4. The number of hydrogen-bond donors (Lipinski definition) is 1. The van der Waals surface area contributed by atoms with Gasteiger partial charge in [-0.05, 0) is 30.3 Å². The van der Waals surface area contributed by atoms with E-state index < -0.39 is 17.4 Å². The van der Waals surface area contributed by atoms with Crippen LogP contribution >= 0.6 is 0 Å². The number of nitrogens with zero attached hydrogens (tertiary/aromatic N) is 1. The molecule has 0 aliphatic rings. The van der Waals surface area contributed by atoms with Gasteiger partial charge in [-0.3, -0.25) is 9.78 Å². The average molecular weight is 249 g/mol. The molecule has 1 aromatic heterocycles. The van der Waals surface area contributed by atoms with Crippen molar-refractivity contribution in [2.45, 2.75) is 6.61 Å². The Hall–Kier alpha value is -2.14. The lowest BCUT2D eigenvalue weighted by molar-refractivity contribution is 0.103. The molecule has 1 heterocycles. The van der Waals surface area contributed by atoms with Gasteiger partial charge in [0.15, 0.2) is 17.4 Å². The molecule has 1 aromatic carbocycles. The van der Waals surface area contributed by atoms with Crippen LogP contribution in [0.2, 0.25) is 0 Å². The zero-order valence-corrected chi connectivity index (χ0v) is 9.23. The van der Waals surface area contributed by atoms with E-state index in [9.17, 15) is 13.6 Å². The van der Waals surface area contributed by atoms with Crippen molar-refractivity contribution in [3.05, 3.63) is 65.0 Å². The van der Waals surface area contributed by atoms with Crippen molar-refractivity contribution >= 4 is 5.78 Å². The summed E-state index contributed by atoms with van der Waals surface area (Å²) >= 11 is 0. The maximum absolute atomic E-state index is 13.0. The van der Waals surface area contributed by atoms with Crippen LogP contribution in [0, 0.1) is 11.6 Å². The van der Waals surface area contributed by atoms with E-state index in [-0.39, 0.29) is 17.7 Å². The minimum atomic E-state index is -1.07. The summed E-state index contributed by atoms with van der Waals surface area (Å²) in [5.74, 6) is -2.52. The molecule has 18 heavy (non-hydrogen) atoms. The third-order valence-corrected chi connectivity index (χ3v) is 2.43. The van der Waals surface area contributed by atoms with E-state index in [1.807, 2.05) is 0 Å². The van der Waals surface area contributed by atoms with Gasteiger partial charge in [-0.1, -0.05) is 0 Å². The quantitative estimate of drug-likeness (QED) is 0.847. The summed E-state index contributed by atoms with van der Waals surface area (Å²) in [5.41, 5.74) is 0.725. The van der Waals surface area contributed by atoms with E-state index >= 15 is 0 Å². The highest BCUT2D eigenvalue weighted by Gasteiger charge is 2.12. The van der Waals surface area contributed by atoms with Crippen molar-refractivity contribution in [1.29, 1.82) is 0 Å². The van der Waals surface area contributed by atoms with E-state index in [2.05, 4.69) is 4.98 Å². The number of carbonyl (C=O) groups excluding carboxylic acids is 1. The maximum Gasteiger partial charge on any atom is 0.194 e. The Morgan fingerprint density at radius 2 is 1.83 bits per heavy atom. The van der Waals surface area contributed by atoms with Crippen LogP contribution in [-0.4, -0.2) is 15.9 Å². The third kappa shape index (κ3) is 2.41. The molecule has 5 heteroatoms. The van der Waals surface area contributed by atoms with E-state index in [1.54, 1.807) is 0 Å². The smallest absolute Gasteiger partial charge is 0.194 e. The van der Waals surface area contributed by atoms with E-state index in [0.717, 1.165) is 12.1 Å². The molecule has 3 nitrogen and oxygen atoms in total. The molecule has 2 aromatic rings. The summed E-state index contributed by atoms with van der Waals surface area (Å²) in [6.45, 7) is -0.223. The van der Waals surface area contributed by atoms with E-state index in [0.29, 0.717) is 5.69 Å². The fraction of sp³-hybridized carbons (Fsp3) is 0.0769. The molecule has 0 bridgehead atoms. The molecule has 0 fully saturated rings. The number of ketones is 1. The molecule has 2 rings (SSSR count). The topological polar surface area (TPSA) is 50.2 Å². The second-order valence-corrected chi connectivity index (χ2v) is 3.65. The predicted molar refractivity (Wildman–Crippen MR) is 60.0 cm³/mol. The van der Waals surface area contributed by atoms with Crippen molar-refractivity contribution in [1.82, 2.24) is 4.98 Å². The molecule has 0 saturated heterocycles. The molecule has 1 N–H and O–H groups in total. The van der Waals surface area contributed by atoms with Crippen molar-refractivity contribution in [2.75, 3.05) is 0 Å². The van der Waals surface area contributed by atoms with Gasteiger partial charge in [-0.25, -0.2) is 8.78 Å². The van der Waals surface area contributed by atoms with Gasteiger partial charge >= 0.3 is 0 Å². The lowest BCUT2D eigenvalue weighted by Gasteiger charge is -2.02. The van der Waals surface area contributed by atoms with Crippen molar-refractivity contribution in [3.63, 3.8) is 0 Å². The Morgan fingerprint density at radius 3 is 2.39 bits per heavy atom. The number of aliphatic hydroxyl groups excluding tert-OH is 1. The first-order valence-electron chi connectivity index (χ1n) is 5.17. The molecular weight excluding hydrogens is 240 g/mol. The molecular formula is C13H9F2NO2. The number of pyridine rings is 1. The molecule has 0 aliphatic heterocycles. The Kier molecular flexibility index (Phi) is 3.43. The molecule has 0 unspecified atom stereocenters. The average Bonchev–Trinajstić information content (AvgIpc) is 2.41. The summed E-state index contributed by atoms with van der Waals surface area (Å²) in [5, 5.41) is 8.81. The Labute approximate surface area is 102 Å². The zero-order chi connectivity index (χ0) is 13.1. The highest BCUT2D eigenvalue weighted by molar-refractivity contribution is 6.08. The molecule has 0 amide bonds. The first kappa shape index (κ1) is 12.3. The number of aromatic nitrogens is 1. The van der Waals surface area contributed by atoms with Crippen molar-refractivity contribution < 1.29 is 18.7 Å². The second-order valence-electron chi connectivity index (χ2n) is 3.65. The maximum atomic E-state index is 13.0. The monoisotopic (exact) mass is 249 g/mol. The van der Waals surface area contributed by atoms with Gasteiger partial charge in [-0.15, -0.1) is 0 Å². The van der Waals surface area contributed by atoms with Crippen molar-refractivity contribution in [3.8, 4) is 0 Å². The van der Waals surface area contributed by atoms with Gasteiger partial charge in [-0.2, -0.15) is 0 Å². The lowest BCUT2D eigenvalue weighted by atomic mass is 10.0. The van der Waals surface area contributed by atoms with Crippen LogP contribution < -0.4 is 0 Å². The van der Waals surface area contributed by atoms with Crippen LogP contribution in [0.5, 0.6) is 0 Å². The van der Waals surface area contributed by atoms with E-state index in [1.165, 1.54) is 24.4 Å². The summed E-state index contributed by atoms with van der Waals surface area (Å²) in [6, 6.07) is 5.92. The fourth-order valence-corrected chi connectivity index (χ4v) is 1.46. The summed E-state index contributed by atoms with van der Waals surface area (Å²) < 4.78 is 25.7. The highest BCUT2D eigenvalue weighted by atomic mass is 19.2. The predicted octanol–water partition coefficient (Wildman–Crippen LogP) is 2.08. The number of carbonyl (C=O) groups is 1. The van der Waals surface area contributed by atoms with Crippen LogP contribution in [0.15, 0.2) is 36.5 Å². The number of halogens is 2. The van der Waals surface area contributed by atoms with Crippen LogP contribution in [0.1, 0.15) is 21.6 Å². The molecule has 0 saturated carbocycles. The van der Waals surface area contributed by atoms with Gasteiger partial charge in [0, 0.05) is 17.3 Å². The SMILES string of the molecule is O=C(c1ccc(CO)nc1)c1ccc(F)c(F)c1. The van der Waals surface area contributed by atoms with Gasteiger partial charge < -0.3 is 5.11 Å². The first-order valence-corrected chi connectivity index (χ1v) is 5.17. The number of aliphatic hydroxyl groups is 1. The van der Waals surface area contributed by atoms with Gasteiger partial charge in [0.1, 0.15) is 0 Å².